The highest BCUT2D eigenvalue weighted by Crippen LogP contribution is 2.48. The Morgan fingerprint density at radius 3 is 2.71 bits per heavy atom. The fraction of sp³-hybridized carbons (Fsp3) is 0.667. The molecule has 0 unspecified atom stereocenters. The number of nitrogen functional groups attached to an aromatic ring is 1. The molecule has 9 heteroatoms. The normalized spacial score (nSPS) is 36.3. The molecule has 1 fully saturated rings. The third-order valence-electron chi connectivity index (χ3n) is 3.83. The lowest BCUT2D eigenvalue weighted by molar-refractivity contribution is -0.127. The van der Waals surface area contributed by atoms with Crippen molar-refractivity contribution in [3.8, 4) is 0 Å². The number of aliphatic hydroxyl groups is 2. The van der Waals surface area contributed by atoms with E-state index >= 15 is 4.39 Å². The summed E-state index contributed by atoms with van der Waals surface area (Å²) in [5, 5.41) is 19.5. The van der Waals surface area contributed by atoms with Crippen LogP contribution in [0.1, 0.15) is 20.1 Å². The maximum absolute atomic E-state index is 15.4. The van der Waals surface area contributed by atoms with Crippen LogP contribution in [0.4, 0.5) is 10.2 Å². The number of anilines is 1. The Morgan fingerprint density at radius 2 is 2.24 bits per heavy atom. The zero-order chi connectivity index (χ0) is 16.0. The van der Waals surface area contributed by atoms with Crippen LogP contribution in [-0.4, -0.2) is 43.9 Å². The van der Waals surface area contributed by atoms with E-state index in [4.69, 9.17) is 16.2 Å². The van der Waals surface area contributed by atoms with Crippen LogP contribution in [0.5, 0.6) is 0 Å². The lowest BCUT2D eigenvalue weighted by Crippen LogP contribution is -2.58. The van der Waals surface area contributed by atoms with Gasteiger partial charge in [-0.25, -0.2) is 9.18 Å². The molecule has 1 aromatic rings. The Bertz CT molecular complexity index is 595. The fourth-order valence-electron chi connectivity index (χ4n) is 2.47. The number of ether oxygens (including phenoxy) is 1. The second-order valence-electron chi connectivity index (χ2n) is 5.51. The van der Waals surface area contributed by atoms with Gasteiger partial charge in [0.25, 0.3) is 0 Å². The summed E-state index contributed by atoms with van der Waals surface area (Å²) in [6.45, 7) is 2.22. The number of hydrogen-bond donors (Lipinski definition) is 4. The quantitative estimate of drug-likeness (QED) is 0.546. The summed E-state index contributed by atoms with van der Waals surface area (Å²) in [6.07, 6.45) is -2.13. The lowest BCUT2D eigenvalue weighted by Gasteiger charge is -2.33. The molecule has 2 rings (SSSR count). The minimum absolute atomic E-state index is 0.0232. The van der Waals surface area contributed by atoms with Gasteiger partial charge in [0.15, 0.2) is 17.6 Å². The van der Waals surface area contributed by atoms with Crippen LogP contribution in [0.15, 0.2) is 17.1 Å². The number of nitrogens with two attached hydrogens (primary N) is 2. The molecule has 0 aromatic carbocycles. The Labute approximate surface area is 120 Å². The Balaban J connectivity index is 2.58. The summed E-state index contributed by atoms with van der Waals surface area (Å²) >= 11 is 0. The summed E-state index contributed by atoms with van der Waals surface area (Å²) in [5.74, 6) is -0.760. The first kappa shape index (κ1) is 15.8. The van der Waals surface area contributed by atoms with Crippen LogP contribution in [0.2, 0.25) is 0 Å². The lowest BCUT2D eigenvalue weighted by atomic mass is 9.83. The van der Waals surface area contributed by atoms with Gasteiger partial charge < -0.3 is 20.7 Å². The third kappa shape index (κ3) is 2.22. The van der Waals surface area contributed by atoms with Gasteiger partial charge in [-0.15, -0.1) is 0 Å². The van der Waals surface area contributed by atoms with Crippen molar-refractivity contribution in [2.45, 2.75) is 37.6 Å². The van der Waals surface area contributed by atoms with E-state index in [-0.39, 0.29) is 5.82 Å². The molecule has 1 aliphatic heterocycles. The molecular weight excluding hydrogens is 283 g/mol. The van der Waals surface area contributed by atoms with Gasteiger partial charge >= 0.3 is 5.69 Å². The van der Waals surface area contributed by atoms with Crippen LogP contribution in [0, 0.1) is 5.92 Å². The predicted molar refractivity (Wildman–Crippen MR) is 71.7 cm³/mol. The molecule has 0 spiro atoms. The summed E-state index contributed by atoms with van der Waals surface area (Å²) in [6, 6.07) is 1.30. The first-order valence-electron chi connectivity index (χ1n) is 6.46. The average molecular weight is 302 g/mol. The topological polar surface area (TPSA) is 137 Å². The zero-order valence-electron chi connectivity index (χ0n) is 11.7. The van der Waals surface area contributed by atoms with E-state index < -0.39 is 41.9 Å². The van der Waals surface area contributed by atoms with Crippen molar-refractivity contribution >= 4 is 5.82 Å². The van der Waals surface area contributed by atoms with E-state index in [0.717, 1.165) is 4.57 Å². The number of rotatable bonds is 3. The fourth-order valence-corrected chi connectivity index (χ4v) is 2.47. The molecule has 1 aliphatic rings. The Morgan fingerprint density at radius 1 is 1.62 bits per heavy atom. The highest BCUT2D eigenvalue weighted by atomic mass is 19.1. The van der Waals surface area contributed by atoms with Crippen LogP contribution in [0.25, 0.3) is 0 Å². The minimum Gasteiger partial charge on any atom is -0.392 e. The highest BCUT2D eigenvalue weighted by molar-refractivity contribution is 5.24. The molecule has 1 saturated heterocycles. The molecular formula is C12H19FN4O4. The van der Waals surface area contributed by atoms with Gasteiger partial charge in [0, 0.05) is 6.20 Å². The van der Waals surface area contributed by atoms with Crippen molar-refractivity contribution in [3.63, 3.8) is 0 Å². The first-order chi connectivity index (χ1) is 9.66. The van der Waals surface area contributed by atoms with Gasteiger partial charge in [-0.05, 0) is 12.0 Å². The largest absolute Gasteiger partial charge is 0.392 e. The molecule has 0 radical (unpaired) electrons. The van der Waals surface area contributed by atoms with Crippen LogP contribution in [-0.2, 0) is 4.74 Å². The second kappa shape index (κ2) is 5.02. The number of hydrogen-bond acceptors (Lipinski definition) is 7. The van der Waals surface area contributed by atoms with Crippen molar-refractivity contribution in [1.82, 2.24) is 9.55 Å². The molecule has 0 amide bonds. The number of halogens is 1. The van der Waals surface area contributed by atoms with Crippen molar-refractivity contribution in [2.24, 2.45) is 11.7 Å². The van der Waals surface area contributed by atoms with Crippen molar-refractivity contribution < 1.29 is 19.3 Å². The van der Waals surface area contributed by atoms with E-state index in [2.05, 4.69) is 4.98 Å². The summed E-state index contributed by atoms with van der Waals surface area (Å²) < 4.78 is 21.5. The highest BCUT2D eigenvalue weighted by Gasteiger charge is 2.65. The molecule has 4 atom stereocenters. The van der Waals surface area contributed by atoms with E-state index in [1.54, 1.807) is 0 Å². The Hall–Kier alpha value is -1.55. The third-order valence-corrected chi connectivity index (χ3v) is 3.83. The minimum atomic E-state index is -2.38. The molecule has 0 saturated carbocycles. The van der Waals surface area contributed by atoms with Gasteiger partial charge in [-0.2, -0.15) is 4.98 Å². The first-order valence-corrected chi connectivity index (χ1v) is 6.46. The number of aromatic nitrogens is 2. The van der Waals surface area contributed by atoms with Gasteiger partial charge in [-0.3, -0.25) is 10.3 Å². The number of aliphatic hydroxyl groups excluding tert-OH is 2. The number of nitrogens with zero attached hydrogens (tertiary/aromatic N) is 2. The van der Waals surface area contributed by atoms with Crippen LogP contribution < -0.4 is 17.2 Å². The summed E-state index contributed by atoms with van der Waals surface area (Å²) in [5.41, 5.74) is 5.87. The van der Waals surface area contributed by atoms with Crippen LogP contribution in [0.3, 0.4) is 0 Å². The molecule has 6 N–H and O–H groups in total. The van der Waals surface area contributed by atoms with Crippen molar-refractivity contribution in [2.75, 3.05) is 12.3 Å². The van der Waals surface area contributed by atoms with E-state index in [1.807, 2.05) is 0 Å². The molecule has 0 aliphatic carbocycles. The van der Waals surface area contributed by atoms with Gasteiger partial charge in [0.1, 0.15) is 11.9 Å². The monoisotopic (exact) mass is 302 g/mol. The zero-order valence-corrected chi connectivity index (χ0v) is 11.7. The van der Waals surface area contributed by atoms with E-state index in [9.17, 15) is 15.0 Å². The van der Waals surface area contributed by atoms with Crippen molar-refractivity contribution in [3.05, 3.63) is 22.7 Å². The van der Waals surface area contributed by atoms with Crippen molar-refractivity contribution in [1.29, 1.82) is 0 Å². The van der Waals surface area contributed by atoms with Gasteiger partial charge in [0.05, 0.1) is 6.61 Å². The molecule has 8 nitrogen and oxygen atoms in total. The molecule has 0 bridgehead atoms. The molecule has 2 heterocycles. The maximum Gasteiger partial charge on any atom is 0.351 e. The SMILES string of the molecule is CC(C)[C@]1(F)[C@H](n2ccc(N)nc2=O)O[C@](N)(CO)[C@H]1O. The predicted octanol–water partition coefficient (Wildman–Crippen LogP) is -1.27. The second-order valence-corrected chi connectivity index (χ2v) is 5.51. The molecule has 1 aromatic heterocycles. The average Bonchev–Trinajstić information content (AvgIpc) is 2.62. The van der Waals surface area contributed by atoms with E-state index in [1.165, 1.54) is 26.1 Å². The van der Waals surface area contributed by atoms with E-state index in [0.29, 0.717) is 0 Å². The standard InChI is InChI=1S/C12H19FN4O4/c1-6(2)12(13)8(19)11(15,5-18)21-9(12)17-4-3-7(14)16-10(17)20/h3-4,6,8-9,18-19H,5,15H2,1-2H3,(H2,14,16,20)/t8-,9-,11-,12-/m1/s1. The molecule has 118 valence electrons. The van der Waals surface area contributed by atoms with Gasteiger partial charge in [0.2, 0.25) is 0 Å². The molecule has 21 heavy (non-hydrogen) atoms. The smallest absolute Gasteiger partial charge is 0.351 e. The number of alkyl halides is 1. The van der Waals surface area contributed by atoms with Crippen LogP contribution >= 0.6 is 0 Å². The summed E-state index contributed by atoms with van der Waals surface area (Å²) in [4.78, 5) is 15.4. The Kier molecular flexibility index (Phi) is 3.79. The maximum atomic E-state index is 15.4. The summed E-state index contributed by atoms with van der Waals surface area (Å²) in [7, 11) is 0. The van der Waals surface area contributed by atoms with Gasteiger partial charge in [-0.1, -0.05) is 13.8 Å².